The molecule has 0 spiro atoms. The molecule has 1 aromatic carbocycles. The monoisotopic (exact) mass is 318 g/mol. The number of aryl methyl sites for hydroxylation is 1. The first-order valence-corrected chi connectivity index (χ1v) is 7.29. The van der Waals surface area contributed by atoms with Gasteiger partial charge in [0.1, 0.15) is 11.5 Å². The minimum Gasteiger partial charge on any atom is -0.242 e. The van der Waals surface area contributed by atoms with Gasteiger partial charge in [0, 0.05) is 22.9 Å². The number of hydrogen-bond acceptors (Lipinski definition) is 3. The average Bonchev–Trinajstić information content (AvgIpc) is 2.85. The molecule has 0 saturated heterocycles. The van der Waals surface area contributed by atoms with Gasteiger partial charge in [-0.05, 0) is 6.92 Å². The third-order valence-corrected chi connectivity index (χ3v) is 3.76. The summed E-state index contributed by atoms with van der Waals surface area (Å²) in [5, 5.41) is 5.05. The molecule has 0 unspecified atom stereocenters. The summed E-state index contributed by atoms with van der Waals surface area (Å²) in [7, 11) is 0. The van der Waals surface area contributed by atoms with Gasteiger partial charge in [0.15, 0.2) is 5.82 Å². The lowest BCUT2D eigenvalue weighted by Crippen LogP contribution is -2.01. The van der Waals surface area contributed by atoms with Crippen molar-refractivity contribution in [3.8, 4) is 17.1 Å². The number of halogens is 2. The summed E-state index contributed by atoms with van der Waals surface area (Å²) in [4.78, 5) is 8.30. The van der Waals surface area contributed by atoms with Crippen molar-refractivity contribution >= 4 is 23.2 Å². The highest BCUT2D eigenvalue weighted by molar-refractivity contribution is 6.32. The Morgan fingerprint density at radius 1 is 1.14 bits per heavy atom. The molecule has 6 heteroatoms. The van der Waals surface area contributed by atoms with Gasteiger partial charge < -0.3 is 0 Å². The van der Waals surface area contributed by atoms with Crippen molar-refractivity contribution < 1.29 is 0 Å². The molecule has 0 N–H and O–H groups in total. The summed E-state index contributed by atoms with van der Waals surface area (Å²) in [6, 6.07) is 11.6. The van der Waals surface area contributed by atoms with Gasteiger partial charge in [-0.2, -0.15) is 5.10 Å². The maximum absolute atomic E-state index is 6.42. The van der Waals surface area contributed by atoms with Crippen LogP contribution in [0.15, 0.2) is 42.7 Å². The van der Waals surface area contributed by atoms with E-state index in [-0.39, 0.29) is 5.88 Å². The maximum atomic E-state index is 6.42. The van der Waals surface area contributed by atoms with Crippen molar-refractivity contribution in [2.24, 2.45) is 0 Å². The van der Waals surface area contributed by atoms with E-state index in [1.807, 2.05) is 43.3 Å². The van der Waals surface area contributed by atoms with Gasteiger partial charge in [-0.15, -0.1) is 11.6 Å². The Hall–Kier alpha value is -1.91. The Bertz CT molecular complexity index is 769. The van der Waals surface area contributed by atoms with Crippen LogP contribution in [0.4, 0.5) is 0 Å². The van der Waals surface area contributed by atoms with E-state index in [0.717, 1.165) is 22.5 Å². The normalized spacial score (nSPS) is 10.8. The molecule has 0 aliphatic carbocycles. The van der Waals surface area contributed by atoms with Gasteiger partial charge in [0.05, 0.1) is 11.6 Å². The van der Waals surface area contributed by atoms with Gasteiger partial charge >= 0.3 is 0 Å². The van der Waals surface area contributed by atoms with Gasteiger partial charge in [-0.1, -0.05) is 41.9 Å². The van der Waals surface area contributed by atoms with Crippen molar-refractivity contribution in [1.82, 2.24) is 19.7 Å². The molecule has 0 radical (unpaired) electrons. The van der Waals surface area contributed by atoms with E-state index < -0.39 is 0 Å². The highest BCUT2D eigenvalue weighted by Crippen LogP contribution is 2.31. The molecule has 0 fully saturated rings. The zero-order valence-corrected chi connectivity index (χ0v) is 12.8. The minimum absolute atomic E-state index is 0.285. The number of aromatic nitrogens is 4. The van der Waals surface area contributed by atoms with E-state index in [4.69, 9.17) is 23.2 Å². The molecule has 21 heavy (non-hydrogen) atoms. The van der Waals surface area contributed by atoms with E-state index in [9.17, 15) is 0 Å². The van der Waals surface area contributed by atoms with Gasteiger partial charge in [-0.3, -0.25) is 0 Å². The number of benzene rings is 1. The van der Waals surface area contributed by atoms with Crippen LogP contribution in [0.1, 0.15) is 11.3 Å². The van der Waals surface area contributed by atoms with Crippen LogP contribution in [0.2, 0.25) is 5.15 Å². The average molecular weight is 319 g/mol. The van der Waals surface area contributed by atoms with E-state index in [0.29, 0.717) is 11.0 Å². The number of nitrogens with zero attached hydrogens (tertiary/aromatic N) is 4. The molecule has 2 heterocycles. The van der Waals surface area contributed by atoms with E-state index in [1.54, 1.807) is 4.68 Å². The van der Waals surface area contributed by atoms with E-state index in [1.165, 1.54) is 6.33 Å². The molecule has 0 amide bonds. The van der Waals surface area contributed by atoms with Crippen LogP contribution in [-0.4, -0.2) is 19.7 Å². The van der Waals surface area contributed by atoms with Gasteiger partial charge in [0.25, 0.3) is 0 Å². The Labute approximate surface area is 132 Å². The third-order valence-electron chi connectivity index (χ3n) is 3.11. The largest absolute Gasteiger partial charge is 0.242 e. The summed E-state index contributed by atoms with van der Waals surface area (Å²) in [6.07, 6.45) is 1.49. The van der Waals surface area contributed by atoms with Crippen LogP contribution in [-0.2, 0) is 5.88 Å². The Balaban J connectivity index is 2.18. The number of rotatable bonds is 3. The molecular formula is C15H12Cl2N4. The third kappa shape index (κ3) is 2.64. The summed E-state index contributed by atoms with van der Waals surface area (Å²) in [6.45, 7) is 1.89. The van der Waals surface area contributed by atoms with Crippen LogP contribution < -0.4 is 0 Å². The standard InChI is InChI=1S/C15H12Cl2N4/c1-10-7-13(19-9-18-10)21-15(17)12(8-16)14(20-21)11-5-3-2-4-6-11/h2-7,9H,8H2,1H3. The van der Waals surface area contributed by atoms with Crippen molar-refractivity contribution in [3.63, 3.8) is 0 Å². The molecule has 0 bridgehead atoms. The first-order valence-electron chi connectivity index (χ1n) is 6.38. The number of hydrogen-bond donors (Lipinski definition) is 0. The second-order valence-electron chi connectivity index (χ2n) is 4.55. The van der Waals surface area contributed by atoms with Gasteiger partial charge in [-0.25, -0.2) is 14.6 Å². The van der Waals surface area contributed by atoms with Crippen LogP contribution in [0.3, 0.4) is 0 Å². The first kappa shape index (κ1) is 14.0. The fraction of sp³-hybridized carbons (Fsp3) is 0.133. The molecule has 0 aliphatic heterocycles. The summed E-state index contributed by atoms with van der Waals surface area (Å²) in [5.74, 6) is 0.911. The summed E-state index contributed by atoms with van der Waals surface area (Å²) >= 11 is 12.5. The van der Waals surface area contributed by atoms with Crippen LogP contribution in [0.25, 0.3) is 17.1 Å². The molecule has 3 rings (SSSR count). The maximum Gasteiger partial charge on any atom is 0.158 e. The topological polar surface area (TPSA) is 43.6 Å². The quantitative estimate of drug-likeness (QED) is 0.685. The zero-order valence-electron chi connectivity index (χ0n) is 11.3. The van der Waals surface area contributed by atoms with Crippen LogP contribution in [0, 0.1) is 6.92 Å². The molecule has 0 atom stereocenters. The first-order chi connectivity index (χ1) is 10.2. The predicted octanol–water partition coefficient (Wildman–Crippen LogP) is 4.03. The van der Waals surface area contributed by atoms with Gasteiger partial charge in [0.2, 0.25) is 0 Å². The Kier molecular flexibility index (Phi) is 3.90. The smallest absolute Gasteiger partial charge is 0.158 e. The van der Waals surface area contributed by atoms with Crippen LogP contribution >= 0.6 is 23.2 Å². The van der Waals surface area contributed by atoms with Crippen molar-refractivity contribution in [1.29, 1.82) is 0 Å². The van der Waals surface area contributed by atoms with Crippen molar-refractivity contribution in [3.05, 3.63) is 59.1 Å². The SMILES string of the molecule is Cc1cc(-n2nc(-c3ccccc3)c(CCl)c2Cl)ncn1. The highest BCUT2D eigenvalue weighted by atomic mass is 35.5. The predicted molar refractivity (Wildman–Crippen MR) is 83.9 cm³/mol. The second-order valence-corrected chi connectivity index (χ2v) is 5.17. The Morgan fingerprint density at radius 2 is 1.90 bits per heavy atom. The zero-order chi connectivity index (χ0) is 14.8. The lowest BCUT2D eigenvalue weighted by Gasteiger charge is -2.02. The van der Waals surface area contributed by atoms with E-state index >= 15 is 0 Å². The van der Waals surface area contributed by atoms with Crippen molar-refractivity contribution in [2.75, 3.05) is 0 Å². The Morgan fingerprint density at radius 3 is 2.57 bits per heavy atom. The van der Waals surface area contributed by atoms with Crippen LogP contribution in [0.5, 0.6) is 0 Å². The lowest BCUT2D eigenvalue weighted by molar-refractivity contribution is 0.838. The lowest BCUT2D eigenvalue weighted by atomic mass is 10.1. The fourth-order valence-electron chi connectivity index (χ4n) is 2.08. The minimum atomic E-state index is 0.285. The highest BCUT2D eigenvalue weighted by Gasteiger charge is 2.18. The summed E-state index contributed by atoms with van der Waals surface area (Å²) < 4.78 is 1.59. The molecule has 2 aromatic heterocycles. The van der Waals surface area contributed by atoms with E-state index in [2.05, 4.69) is 15.1 Å². The second kappa shape index (κ2) is 5.84. The molecular weight excluding hydrogens is 307 g/mol. The molecule has 106 valence electrons. The fourth-order valence-corrected chi connectivity index (χ4v) is 2.69. The number of alkyl halides is 1. The molecule has 0 saturated carbocycles. The van der Waals surface area contributed by atoms with Crippen molar-refractivity contribution in [2.45, 2.75) is 12.8 Å². The molecule has 0 aliphatic rings. The molecule has 3 aromatic rings. The molecule has 4 nitrogen and oxygen atoms in total. The summed E-state index contributed by atoms with van der Waals surface area (Å²) in [5.41, 5.74) is 3.38.